The van der Waals surface area contributed by atoms with E-state index in [4.69, 9.17) is 9.31 Å². The maximum absolute atomic E-state index is 6.26. The lowest BCUT2D eigenvalue weighted by molar-refractivity contribution is 0.00578. The van der Waals surface area contributed by atoms with Crippen LogP contribution in [-0.4, -0.2) is 31.9 Å². The first-order valence-electron chi connectivity index (χ1n) is 8.94. The lowest BCUT2D eigenvalue weighted by Crippen LogP contribution is -2.41. The molecule has 1 N–H and O–H groups in total. The number of nitrogens with one attached hydrogen (secondary N) is 1. The van der Waals surface area contributed by atoms with E-state index in [1.807, 2.05) is 7.05 Å². The van der Waals surface area contributed by atoms with Gasteiger partial charge in [-0.25, -0.2) is 0 Å². The van der Waals surface area contributed by atoms with Crippen LogP contribution in [0.4, 0.5) is 0 Å². The van der Waals surface area contributed by atoms with Gasteiger partial charge in [0.1, 0.15) is 0 Å². The molecule has 0 atom stereocenters. The molecular formula is C21H28BNO2. The van der Waals surface area contributed by atoms with Gasteiger partial charge in [0.15, 0.2) is 0 Å². The summed E-state index contributed by atoms with van der Waals surface area (Å²) >= 11 is 0. The number of rotatable bonds is 4. The predicted molar refractivity (Wildman–Crippen MR) is 107 cm³/mol. The Hall–Kier alpha value is -1.62. The van der Waals surface area contributed by atoms with Crippen molar-refractivity contribution >= 4 is 24.0 Å². The van der Waals surface area contributed by atoms with Gasteiger partial charge in [0.05, 0.1) is 11.2 Å². The van der Waals surface area contributed by atoms with Gasteiger partial charge in [-0.05, 0) is 69.0 Å². The lowest BCUT2D eigenvalue weighted by Gasteiger charge is -2.32. The number of aryl methyl sites for hydroxylation is 1. The third kappa shape index (κ3) is 3.39. The molecule has 3 nitrogen and oxygen atoms in total. The van der Waals surface area contributed by atoms with E-state index >= 15 is 0 Å². The molecule has 3 rings (SSSR count). The van der Waals surface area contributed by atoms with Crippen LogP contribution in [0.5, 0.6) is 0 Å². The Kier molecular flexibility index (Phi) is 4.80. The van der Waals surface area contributed by atoms with E-state index in [1.165, 1.54) is 21.9 Å². The van der Waals surface area contributed by atoms with Crippen molar-refractivity contribution in [3.05, 3.63) is 53.0 Å². The van der Waals surface area contributed by atoms with Gasteiger partial charge in [0.25, 0.3) is 0 Å². The second-order valence-corrected chi connectivity index (χ2v) is 7.86. The highest BCUT2D eigenvalue weighted by Crippen LogP contribution is 2.39. The molecule has 132 valence electrons. The highest BCUT2D eigenvalue weighted by Gasteiger charge is 2.52. The van der Waals surface area contributed by atoms with Crippen molar-refractivity contribution in [2.45, 2.75) is 45.8 Å². The van der Waals surface area contributed by atoms with Gasteiger partial charge in [0.2, 0.25) is 0 Å². The van der Waals surface area contributed by atoms with E-state index in [0.717, 1.165) is 12.0 Å². The standard InChI is InChI=1S/C21H28BNO2/c1-15-11-12-16(19-10-8-7-9-18(15)19)13-17(14-23-6)22-24-20(2,3)21(4,5)25-22/h7-13,23H,14H2,1-6H3. The van der Waals surface area contributed by atoms with E-state index in [0.29, 0.717) is 0 Å². The molecule has 0 saturated carbocycles. The molecule has 25 heavy (non-hydrogen) atoms. The number of hydrogen-bond donors (Lipinski definition) is 1. The molecule has 1 aliphatic rings. The Balaban J connectivity index is 2.04. The third-order valence-corrected chi connectivity index (χ3v) is 5.45. The van der Waals surface area contributed by atoms with E-state index < -0.39 is 0 Å². The van der Waals surface area contributed by atoms with Crippen LogP contribution in [0, 0.1) is 6.92 Å². The van der Waals surface area contributed by atoms with Crippen molar-refractivity contribution < 1.29 is 9.31 Å². The van der Waals surface area contributed by atoms with Crippen molar-refractivity contribution in [2.24, 2.45) is 0 Å². The minimum atomic E-state index is -0.336. The summed E-state index contributed by atoms with van der Waals surface area (Å²) in [6, 6.07) is 12.9. The van der Waals surface area contributed by atoms with Crippen LogP contribution in [0.1, 0.15) is 38.8 Å². The number of benzene rings is 2. The Labute approximate surface area is 151 Å². The average molecular weight is 337 g/mol. The molecule has 0 aliphatic carbocycles. The summed E-state index contributed by atoms with van der Waals surface area (Å²) in [5.41, 5.74) is 2.93. The Bertz CT molecular complexity index is 795. The van der Waals surface area contributed by atoms with Crippen molar-refractivity contribution in [2.75, 3.05) is 13.6 Å². The van der Waals surface area contributed by atoms with Gasteiger partial charge >= 0.3 is 7.12 Å². The van der Waals surface area contributed by atoms with Crippen LogP contribution in [0.25, 0.3) is 16.8 Å². The van der Waals surface area contributed by atoms with Gasteiger partial charge in [0, 0.05) is 6.54 Å². The summed E-state index contributed by atoms with van der Waals surface area (Å²) in [4.78, 5) is 0. The predicted octanol–water partition coefficient (Wildman–Crippen LogP) is 4.38. The molecule has 0 unspecified atom stereocenters. The molecular weight excluding hydrogens is 309 g/mol. The van der Waals surface area contributed by atoms with E-state index in [1.54, 1.807) is 0 Å². The minimum absolute atomic E-state index is 0.333. The third-order valence-electron chi connectivity index (χ3n) is 5.45. The number of likely N-dealkylation sites (N-methyl/N-ethyl adjacent to an activating group) is 1. The quantitative estimate of drug-likeness (QED) is 0.840. The fourth-order valence-electron chi connectivity index (χ4n) is 3.20. The summed E-state index contributed by atoms with van der Waals surface area (Å²) in [6.45, 7) is 11.2. The number of hydrogen-bond acceptors (Lipinski definition) is 3. The Morgan fingerprint density at radius 1 is 1.00 bits per heavy atom. The normalized spacial score (nSPS) is 19.6. The highest BCUT2D eigenvalue weighted by molar-refractivity contribution is 6.56. The van der Waals surface area contributed by atoms with Gasteiger partial charge < -0.3 is 14.6 Å². The minimum Gasteiger partial charge on any atom is -0.400 e. The zero-order valence-corrected chi connectivity index (χ0v) is 16.1. The molecule has 1 saturated heterocycles. The summed E-state index contributed by atoms with van der Waals surface area (Å²) in [5, 5.41) is 5.79. The second kappa shape index (κ2) is 6.60. The largest absolute Gasteiger partial charge is 0.491 e. The van der Waals surface area contributed by atoms with Crippen molar-refractivity contribution in [1.29, 1.82) is 0 Å². The Morgan fingerprint density at radius 3 is 2.20 bits per heavy atom. The molecule has 0 bridgehead atoms. The number of fused-ring (bicyclic) bond motifs is 1. The van der Waals surface area contributed by atoms with E-state index in [-0.39, 0.29) is 18.3 Å². The molecule has 1 heterocycles. The van der Waals surface area contributed by atoms with Gasteiger partial charge in [-0.3, -0.25) is 0 Å². The van der Waals surface area contributed by atoms with Crippen LogP contribution in [0.3, 0.4) is 0 Å². The maximum Gasteiger partial charge on any atom is 0.491 e. The van der Waals surface area contributed by atoms with Crippen LogP contribution in [0.2, 0.25) is 0 Å². The average Bonchev–Trinajstić information content (AvgIpc) is 2.77. The van der Waals surface area contributed by atoms with Crippen LogP contribution in [-0.2, 0) is 9.31 Å². The van der Waals surface area contributed by atoms with Gasteiger partial charge in [-0.1, -0.05) is 42.5 Å². The summed E-state index contributed by atoms with van der Waals surface area (Å²) < 4.78 is 12.5. The molecule has 4 heteroatoms. The first kappa shape index (κ1) is 18.2. The van der Waals surface area contributed by atoms with E-state index in [2.05, 4.69) is 82.4 Å². The van der Waals surface area contributed by atoms with E-state index in [9.17, 15) is 0 Å². The zero-order chi connectivity index (χ0) is 18.2. The first-order valence-corrected chi connectivity index (χ1v) is 8.94. The van der Waals surface area contributed by atoms with Crippen molar-refractivity contribution in [3.8, 4) is 0 Å². The fourth-order valence-corrected chi connectivity index (χ4v) is 3.20. The zero-order valence-electron chi connectivity index (χ0n) is 16.1. The van der Waals surface area contributed by atoms with Crippen molar-refractivity contribution in [3.63, 3.8) is 0 Å². The molecule has 0 aromatic heterocycles. The molecule has 0 spiro atoms. The molecule has 1 fully saturated rings. The molecule has 1 aliphatic heterocycles. The topological polar surface area (TPSA) is 30.5 Å². The van der Waals surface area contributed by atoms with Gasteiger partial charge in [-0.2, -0.15) is 0 Å². The molecule has 2 aromatic carbocycles. The van der Waals surface area contributed by atoms with Gasteiger partial charge in [-0.15, -0.1) is 0 Å². The Morgan fingerprint density at radius 2 is 1.60 bits per heavy atom. The molecule has 0 radical (unpaired) electrons. The summed E-state index contributed by atoms with van der Waals surface area (Å²) in [7, 11) is 1.62. The SMILES string of the molecule is CNCC(=Cc1ccc(C)c2ccccc12)B1OC(C)(C)C(C)(C)O1. The molecule has 2 aromatic rings. The lowest BCUT2D eigenvalue weighted by atomic mass is 9.76. The smallest absolute Gasteiger partial charge is 0.400 e. The van der Waals surface area contributed by atoms with Crippen LogP contribution < -0.4 is 5.32 Å². The molecule has 0 amide bonds. The summed E-state index contributed by atoms with van der Waals surface area (Å²) in [5.74, 6) is 0. The van der Waals surface area contributed by atoms with Crippen LogP contribution >= 0.6 is 0 Å². The second-order valence-electron chi connectivity index (χ2n) is 7.86. The highest BCUT2D eigenvalue weighted by atomic mass is 16.7. The van der Waals surface area contributed by atoms with Crippen molar-refractivity contribution in [1.82, 2.24) is 5.32 Å². The van der Waals surface area contributed by atoms with Crippen LogP contribution in [0.15, 0.2) is 41.9 Å². The summed E-state index contributed by atoms with van der Waals surface area (Å²) in [6.07, 6.45) is 2.21. The fraction of sp³-hybridized carbons (Fsp3) is 0.429. The monoisotopic (exact) mass is 337 g/mol. The first-order chi connectivity index (χ1) is 11.7. The maximum atomic E-state index is 6.26.